The van der Waals surface area contributed by atoms with Crippen molar-refractivity contribution in [2.75, 3.05) is 20.1 Å². The Morgan fingerprint density at radius 1 is 1.33 bits per heavy atom. The monoisotopic (exact) mass is 170 g/mol. The smallest absolute Gasteiger partial charge is 0.190 e. The second-order valence-electron chi connectivity index (χ2n) is 3.31. The molecule has 0 aliphatic carbocycles. The van der Waals surface area contributed by atoms with Crippen LogP contribution < -0.4 is 0 Å². The van der Waals surface area contributed by atoms with Crippen LogP contribution in [0.3, 0.4) is 0 Å². The van der Waals surface area contributed by atoms with Crippen LogP contribution in [-0.2, 0) is 0 Å². The van der Waals surface area contributed by atoms with E-state index in [1.54, 1.807) is 0 Å². The molecule has 0 aromatic carbocycles. The topological polar surface area (TPSA) is 20.2 Å². The van der Waals surface area contributed by atoms with Gasteiger partial charge in [-0.05, 0) is 12.2 Å². The van der Waals surface area contributed by atoms with E-state index in [1.807, 2.05) is 26.1 Å². The van der Waals surface area contributed by atoms with Crippen LogP contribution in [0.1, 0.15) is 13.3 Å². The molecule has 0 saturated heterocycles. The number of hydrogen-bond acceptors (Lipinski definition) is 1. The maximum atomic E-state index is 9.72. The maximum absolute atomic E-state index is 9.72. The molecule has 70 valence electrons. The molecule has 0 aliphatic rings. The molecule has 0 fully saturated rings. The van der Waals surface area contributed by atoms with Crippen molar-refractivity contribution < 1.29 is 9.59 Å². The van der Waals surface area contributed by atoms with Crippen molar-refractivity contribution in [2.24, 2.45) is 0 Å². The van der Waals surface area contributed by atoms with E-state index in [0.717, 1.165) is 19.5 Å². The van der Waals surface area contributed by atoms with Crippen LogP contribution in [-0.4, -0.2) is 36.0 Å². The summed E-state index contributed by atoms with van der Waals surface area (Å²) in [5.74, 6) is 0. The minimum Gasteiger partial charge on any atom is -0.345 e. The van der Waals surface area contributed by atoms with Crippen LogP contribution in [0.25, 0.3) is 0 Å². The summed E-state index contributed by atoms with van der Waals surface area (Å²) >= 11 is 0. The van der Waals surface area contributed by atoms with Gasteiger partial charge < -0.3 is 5.11 Å². The third-order valence-electron chi connectivity index (χ3n) is 2.18. The summed E-state index contributed by atoms with van der Waals surface area (Å²) in [6.45, 7) is 10.9. The molecule has 1 unspecified atom stereocenters. The van der Waals surface area contributed by atoms with Gasteiger partial charge in [-0.1, -0.05) is 20.1 Å². The Bertz CT molecular complexity index is 144. The molecule has 0 radical (unpaired) electrons. The summed E-state index contributed by atoms with van der Waals surface area (Å²) in [4.78, 5) is 0. The maximum Gasteiger partial charge on any atom is 0.190 e. The number of aliphatic hydroxyl groups excluding tert-OH is 1. The first-order valence-electron chi connectivity index (χ1n) is 4.34. The molecule has 12 heavy (non-hydrogen) atoms. The molecule has 1 N–H and O–H groups in total. The first-order chi connectivity index (χ1) is 5.60. The lowest BCUT2D eigenvalue weighted by molar-refractivity contribution is -0.944. The van der Waals surface area contributed by atoms with Gasteiger partial charge in [0.1, 0.15) is 0 Å². The standard InChI is InChI=1S/C10H20NO/c1-5-8-11(4,9-6-2)10(12)7-3/h5-6,10,12H,1-2,7-9H2,3-4H3/q+1. The lowest BCUT2D eigenvalue weighted by Gasteiger charge is -2.36. The number of quaternary nitrogens is 1. The molecule has 0 saturated carbocycles. The second-order valence-corrected chi connectivity index (χ2v) is 3.31. The fourth-order valence-corrected chi connectivity index (χ4v) is 1.35. The Hall–Kier alpha value is -0.600. The highest BCUT2D eigenvalue weighted by Gasteiger charge is 2.26. The average Bonchev–Trinajstić information content (AvgIpc) is 2.04. The Balaban J connectivity index is 4.34. The summed E-state index contributed by atoms with van der Waals surface area (Å²) in [6, 6.07) is 0. The van der Waals surface area contributed by atoms with E-state index in [0.29, 0.717) is 4.48 Å². The van der Waals surface area contributed by atoms with Crippen LogP contribution in [0.15, 0.2) is 25.3 Å². The second kappa shape index (κ2) is 5.12. The molecular weight excluding hydrogens is 150 g/mol. The first-order valence-corrected chi connectivity index (χ1v) is 4.34. The highest BCUT2D eigenvalue weighted by molar-refractivity contribution is 4.71. The lowest BCUT2D eigenvalue weighted by atomic mass is 10.3. The fraction of sp³-hybridized carbons (Fsp3) is 0.600. The van der Waals surface area contributed by atoms with Gasteiger partial charge in [-0.2, -0.15) is 0 Å². The van der Waals surface area contributed by atoms with Gasteiger partial charge in [0.25, 0.3) is 0 Å². The van der Waals surface area contributed by atoms with Crippen molar-refractivity contribution in [2.45, 2.75) is 19.6 Å². The van der Waals surface area contributed by atoms with Gasteiger partial charge in [0.2, 0.25) is 0 Å². The van der Waals surface area contributed by atoms with Crippen molar-refractivity contribution in [3.05, 3.63) is 25.3 Å². The number of nitrogens with zero attached hydrogens (tertiary/aromatic N) is 1. The van der Waals surface area contributed by atoms with Crippen molar-refractivity contribution in [1.29, 1.82) is 0 Å². The molecule has 0 rings (SSSR count). The van der Waals surface area contributed by atoms with E-state index in [1.165, 1.54) is 0 Å². The van der Waals surface area contributed by atoms with Crippen molar-refractivity contribution >= 4 is 0 Å². The lowest BCUT2D eigenvalue weighted by Crippen LogP contribution is -2.52. The molecule has 0 amide bonds. The molecular formula is C10H20NO+. The quantitative estimate of drug-likeness (QED) is 0.364. The average molecular weight is 170 g/mol. The van der Waals surface area contributed by atoms with Gasteiger partial charge in [-0.15, -0.1) is 0 Å². The molecule has 0 bridgehead atoms. The molecule has 2 heteroatoms. The highest BCUT2D eigenvalue weighted by atomic mass is 16.3. The van der Waals surface area contributed by atoms with Gasteiger partial charge in [0.15, 0.2) is 6.23 Å². The minimum atomic E-state index is -0.319. The predicted molar refractivity (Wildman–Crippen MR) is 52.6 cm³/mol. The highest BCUT2D eigenvalue weighted by Crippen LogP contribution is 2.11. The SMILES string of the molecule is C=CC[N+](C)(CC=C)C(O)CC. The molecule has 2 nitrogen and oxygen atoms in total. The molecule has 0 aromatic heterocycles. The summed E-state index contributed by atoms with van der Waals surface area (Å²) < 4.78 is 0.587. The van der Waals surface area contributed by atoms with Gasteiger partial charge in [0.05, 0.1) is 20.1 Å². The number of hydrogen-bond donors (Lipinski definition) is 1. The molecule has 0 aromatic rings. The van der Waals surface area contributed by atoms with E-state index in [4.69, 9.17) is 0 Å². The van der Waals surface area contributed by atoms with E-state index in [-0.39, 0.29) is 6.23 Å². The van der Waals surface area contributed by atoms with Crippen molar-refractivity contribution in [3.8, 4) is 0 Å². The van der Waals surface area contributed by atoms with E-state index < -0.39 is 0 Å². The Kier molecular flexibility index (Phi) is 4.86. The zero-order chi connectivity index (χ0) is 9.61. The third-order valence-corrected chi connectivity index (χ3v) is 2.18. The molecule has 1 atom stereocenters. The minimum absolute atomic E-state index is 0.319. The normalized spacial score (nSPS) is 13.9. The summed E-state index contributed by atoms with van der Waals surface area (Å²) in [7, 11) is 2.01. The van der Waals surface area contributed by atoms with Crippen molar-refractivity contribution in [1.82, 2.24) is 0 Å². The van der Waals surface area contributed by atoms with Gasteiger partial charge in [-0.3, -0.25) is 4.48 Å². The Labute approximate surface area is 75.4 Å². The van der Waals surface area contributed by atoms with Crippen LogP contribution in [0.5, 0.6) is 0 Å². The van der Waals surface area contributed by atoms with Crippen LogP contribution in [0, 0.1) is 0 Å². The summed E-state index contributed by atoms with van der Waals surface area (Å²) in [6.07, 6.45) is 4.11. The van der Waals surface area contributed by atoms with Crippen molar-refractivity contribution in [3.63, 3.8) is 0 Å². The Morgan fingerprint density at radius 2 is 1.75 bits per heavy atom. The first kappa shape index (κ1) is 11.4. The summed E-state index contributed by atoms with van der Waals surface area (Å²) in [5, 5.41) is 9.72. The summed E-state index contributed by atoms with van der Waals surface area (Å²) in [5.41, 5.74) is 0. The third kappa shape index (κ3) is 2.80. The van der Waals surface area contributed by atoms with E-state index in [2.05, 4.69) is 13.2 Å². The van der Waals surface area contributed by atoms with Crippen LogP contribution in [0.2, 0.25) is 0 Å². The van der Waals surface area contributed by atoms with Gasteiger partial charge >= 0.3 is 0 Å². The van der Waals surface area contributed by atoms with E-state index >= 15 is 0 Å². The number of aliphatic hydroxyl groups is 1. The Morgan fingerprint density at radius 3 is 2.00 bits per heavy atom. The molecule has 0 heterocycles. The zero-order valence-electron chi connectivity index (χ0n) is 8.16. The molecule has 0 aliphatic heterocycles. The molecule has 0 spiro atoms. The largest absolute Gasteiger partial charge is 0.345 e. The number of rotatable bonds is 6. The van der Waals surface area contributed by atoms with Gasteiger partial charge in [0, 0.05) is 6.42 Å². The van der Waals surface area contributed by atoms with Crippen LogP contribution >= 0.6 is 0 Å². The van der Waals surface area contributed by atoms with Gasteiger partial charge in [-0.25, -0.2) is 0 Å². The number of likely N-dealkylation sites (N-methyl/N-ethyl adjacent to an activating group) is 1. The zero-order valence-corrected chi connectivity index (χ0v) is 8.16. The van der Waals surface area contributed by atoms with Crippen LogP contribution in [0.4, 0.5) is 0 Å². The predicted octanol–water partition coefficient (Wildman–Crippen LogP) is 1.53. The fourth-order valence-electron chi connectivity index (χ4n) is 1.35. The van der Waals surface area contributed by atoms with E-state index in [9.17, 15) is 5.11 Å².